The second-order valence-corrected chi connectivity index (χ2v) is 4.88. The minimum atomic E-state index is -0.530. The molecule has 0 bridgehead atoms. The van der Waals surface area contributed by atoms with E-state index in [1.807, 2.05) is 13.8 Å². The first-order chi connectivity index (χ1) is 8.10. The minimum Gasteiger partial charge on any atom is -0.434 e. The fraction of sp³-hybridized carbons (Fsp3) is 0.929. The van der Waals surface area contributed by atoms with Crippen LogP contribution in [0.25, 0.3) is 0 Å². The molecule has 0 amide bonds. The summed E-state index contributed by atoms with van der Waals surface area (Å²) >= 11 is 0. The number of carbonyl (C=O) groups is 1. The lowest BCUT2D eigenvalue weighted by molar-refractivity contribution is 0.0235. The van der Waals surface area contributed by atoms with Gasteiger partial charge in [0.1, 0.15) is 0 Å². The van der Waals surface area contributed by atoms with E-state index < -0.39 is 6.16 Å². The Morgan fingerprint density at radius 1 is 1.06 bits per heavy atom. The number of ether oxygens (including phenoxy) is 2. The Labute approximate surface area is 106 Å². The van der Waals surface area contributed by atoms with Gasteiger partial charge in [0, 0.05) is 0 Å². The third kappa shape index (κ3) is 10.2. The minimum absolute atomic E-state index is 0.104. The lowest BCUT2D eigenvalue weighted by atomic mass is 9.97. The van der Waals surface area contributed by atoms with Crippen LogP contribution < -0.4 is 0 Å². The van der Waals surface area contributed by atoms with E-state index in [9.17, 15) is 4.79 Å². The molecule has 3 heteroatoms. The average Bonchev–Trinajstić information content (AvgIpc) is 2.27. The molecule has 3 nitrogen and oxygen atoms in total. The van der Waals surface area contributed by atoms with Crippen molar-refractivity contribution in [2.45, 2.75) is 72.3 Å². The van der Waals surface area contributed by atoms with Gasteiger partial charge in [0.2, 0.25) is 0 Å². The summed E-state index contributed by atoms with van der Waals surface area (Å²) in [6, 6.07) is 0. The first-order valence-electron chi connectivity index (χ1n) is 6.93. The van der Waals surface area contributed by atoms with E-state index >= 15 is 0 Å². The van der Waals surface area contributed by atoms with Gasteiger partial charge in [-0.05, 0) is 32.6 Å². The third-order valence-electron chi connectivity index (χ3n) is 2.70. The Balaban J connectivity index is 3.83. The molecular formula is C14H28O3. The van der Waals surface area contributed by atoms with Gasteiger partial charge in [-0.25, -0.2) is 4.79 Å². The summed E-state index contributed by atoms with van der Waals surface area (Å²) in [5.41, 5.74) is 0. The maximum atomic E-state index is 11.3. The van der Waals surface area contributed by atoms with Crippen molar-refractivity contribution in [3.8, 4) is 0 Å². The van der Waals surface area contributed by atoms with Gasteiger partial charge in [-0.3, -0.25) is 0 Å². The van der Waals surface area contributed by atoms with Crippen LogP contribution in [0.4, 0.5) is 4.79 Å². The molecule has 0 aliphatic carbocycles. The zero-order valence-corrected chi connectivity index (χ0v) is 11.8. The van der Waals surface area contributed by atoms with Gasteiger partial charge in [-0.2, -0.15) is 0 Å². The topological polar surface area (TPSA) is 35.5 Å². The van der Waals surface area contributed by atoms with Crippen LogP contribution in [0.3, 0.4) is 0 Å². The summed E-state index contributed by atoms with van der Waals surface area (Å²) in [6.07, 6.45) is 6.45. The van der Waals surface area contributed by atoms with Gasteiger partial charge in [0.05, 0.1) is 12.7 Å². The van der Waals surface area contributed by atoms with Crippen LogP contribution in [-0.2, 0) is 9.47 Å². The lowest BCUT2D eigenvalue weighted by Gasteiger charge is -2.16. The molecule has 0 fully saturated rings. The molecule has 0 aromatic heterocycles. The molecule has 0 spiro atoms. The molecule has 0 aromatic carbocycles. The summed E-state index contributed by atoms with van der Waals surface area (Å²) in [4.78, 5) is 11.3. The number of hydrogen-bond acceptors (Lipinski definition) is 3. The predicted octanol–water partition coefficient (Wildman–Crippen LogP) is 4.54. The smallest absolute Gasteiger partial charge is 0.434 e. The molecule has 17 heavy (non-hydrogen) atoms. The molecule has 0 rings (SSSR count). The highest BCUT2D eigenvalue weighted by atomic mass is 16.7. The molecule has 0 aliphatic heterocycles. The van der Waals surface area contributed by atoms with Gasteiger partial charge < -0.3 is 9.47 Å². The maximum absolute atomic E-state index is 11.3. The second kappa shape index (κ2) is 10.4. The molecule has 0 atom stereocenters. The summed E-state index contributed by atoms with van der Waals surface area (Å²) in [5.74, 6) is 0.495. The van der Waals surface area contributed by atoms with E-state index in [4.69, 9.17) is 9.47 Å². The van der Waals surface area contributed by atoms with E-state index in [0.29, 0.717) is 12.5 Å². The van der Waals surface area contributed by atoms with Crippen molar-refractivity contribution in [1.29, 1.82) is 0 Å². The van der Waals surface area contributed by atoms with Crippen LogP contribution in [0.15, 0.2) is 0 Å². The Morgan fingerprint density at radius 3 is 2.00 bits per heavy atom. The molecule has 0 radical (unpaired) electrons. The highest BCUT2D eigenvalue weighted by Gasteiger charge is 2.13. The highest BCUT2D eigenvalue weighted by molar-refractivity contribution is 5.59. The second-order valence-electron chi connectivity index (χ2n) is 4.88. The van der Waals surface area contributed by atoms with E-state index in [-0.39, 0.29) is 6.10 Å². The lowest BCUT2D eigenvalue weighted by Crippen LogP contribution is -2.18. The van der Waals surface area contributed by atoms with E-state index in [0.717, 1.165) is 12.8 Å². The van der Waals surface area contributed by atoms with Crippen LogP contribution in [0, 0.1) is 5.92 Å². The Hall–Kier alpha value is -0.730. The maximum Gasteiger partial charge on any atom is 0.508 e. The standard InChI is InChI=1S/C14H28O3/c1-5-7-9-13(10-8-6-2)11-16-14(15)17-12(3)4/h12-13H,5-11H2,1-4H3. The van der Waals surface area contributed by atoms with Gasteiger partial charge in [-0.15, -0.1) is 0 Å². The van der Waals surface area contributed by atoms with Crippen molar-refractivity contribution in [2.75, 3.05) is 6.61 Å². The van der Waals surface area contributed by atoms with Crippen LogP contribution in [0.2, 0.25) is 0 Å². The van der Waals surface area contributed by atoms with Crippen molar-refractivity contribution >= 4 is 6.16 Å². The van der Waals surface area contributed by atoms with E-state index in [1.165, 1.54) is 25.7 Å². The summed E-state index contributed by atoms with van der Waals surface area (Å²) < 4.78 is 10.1. The van der Waals surface area contributed by atoms with Crippen molar-refractivity contribution in [1.82, 2.24) is 0 Å². The van der Waals surface area contributed by atoms with Crippen LogP contribution in [0.1, 0.15) is 66.2 Å². The van der Waals surface area contributed by atoms with Crippen molar-refractivity contribution in [3.63, 3.8) is 0 Å². The molecule has 0 heterocycles. The molecule has 0 aromatic rings. The summed E-state index contributed by atoms with van der Waals surface area (Å²) in [6.45, 7) is 8.53. The summed E-state index contributed by atoms with van der Waals surface area (Å²) in [5, 5.41) is 0. The molecule has 0 saturated carbocycles. The predicted molar refractivity (Wildman–Crippen MR) is 70.1 cm³/mol. The van der Waals surface area contributed by atoms with Crippen LogP contribution >= 0.6 is 0 Å². The van der Waals surface area contributed by atoms with Crippen molar-refractivity contribution in [2.24, 2.45) is 5.92 Å². The SMILES string of the molecule is CCCCC(CCCC)COC(=O)OC(C)C. The normalized spacial score (nSPS) is 10.9. The fourth-order valence-electron chi connectivity index (χ4n) is 1.71. The molecule has 0 aliphatic rings. The van der Waals surface area contributed by atoms with Gasteiger partial charge in [-0.1, -0.05) is 39.5 Å². The monoisotopic (exact) mass is 244 g/mol. The van der Waals surface area contributed by atoms with Crippen molar-refractivity contribution < 1.29 is 14.3 Å². The molecule has 0 unspecified atom stereocenters. The quantitative estimate of drug-likeness (QED) is 0.558. The Morgan fingerprint density at radius 2 is 1.59 bits per heavy atom. The Bertz CT molecular complexity index is 182. The first kappa shape index (κ1) is 16.3. The Kier molecular flexibility index (Phi) is 9.98. The number of carbonyl (C=O) groups excluding carboxylic acids is 1. The van der Waals surface area contributed by atoms with E-state index in [2.05, 4.69) is 13.8 Å². The first-order valence-corrected chi connectivity index (χ1v) is 6.93. The van der Waals surface area contributed by atoms with Crippen LogP contribution in [-0.4, -0.2) is 18.9 Å². The average molecular weight is 244 g/mol. The number of rotatable bonds is 9. The molecule has 0 saturated heterocycles. The zero-order chi connectivity index (χ0) is 13.1. The number of unbranched alkanes of at least 4 members (excludes halogenated alkanes) is 2. The van der Waals surface area contributed by atoms with E-state index in [1.54, 1.807) is 0 Å². The van der Waals surface area contributed by atoms with Gasteiger partial charge >= 0.3 is 6.16 Å². The molecule has 0 N–H and O–H groups in total. The number of hydrogen-bond donors (Lipinski definition) is 0. The molecule has 102 valence electrons. The summed E-state index contributed by atoms with van der Waals surface area (Å²) in [7, 11) is 0. The van der Waals surface area contributed by atoms with Gasteiger partial charge in [0.15, 0.2) is 0 Å². The van der Waals surface area contributed by atoms with Gasteiger partial charge in [0.25, 0.3) is 0 Å². The largest absolute Gasteiger partial charge is 0.508 e. The third-order valence-corrected chi connectivity index (χ3v) is 2.70. The highest BCUT2D eigenvalue weighted by Crippen LogP contribution is 2.16. The van der Waals surface area contributed by atoms with Crippen LogP contribution in [0.5, 0.6) is 0 Å². The van der Waals surface area contributed by atoms with Crippen molar-refractivity contribution in [3.05, 3.63) is 0 Å². The fourth-order valence-corrected chi connectivity index (χ4v) is 1.71. The zero-order valence-electron chi connectivity index (χ0n) is 11.8. The molecular weight excluding hydrogens is 216 g/mol.